The number of aliphatic hydroxyl groups is 5. The van der Waals surface area contributed by atoms with Crippen LogP contribution in [0.4, 0.5) is 0 Å². The molecule has 0 rings (SSSR count). The molecule has 0 amide bonds. The van der Waals surface area contributed by atoms with Crippen molar-refractivity contribution in [1.82, 2.24) is 5.43 Å². The van der Waals surface area contributed by atoms with Gasteiger partial charge in [0, 0.05) is 6.54 Å². The van der Waals surface area contributed by atoms with Gasteiger partial charge in [-0.25, -0.2) is 0 Å². The summed E-state index contributed by atoms with van der Waals surface area (Å²) in [7, 11) is 0. The van der Waals surface area contributed by atoms with Crippen LogP contribution in [-0.2, 0) is 0 Å². The average Bonchev–Trinajstić information content (AvgIpc) is 2.22. The predicted molar refractivity (Wildman–Crippen MR) is 43.3 cm³/mol. The standard InChI is InChI=1S/C6H16N2O5/c7-8-1-3(10)5(12)6(13)4(11)2-9/h3-6,8-13H,1-2,7H2/t3-,4+,5+,6-/m0/s1/i/hD. The maximum atomic E-state index is 9.21. The minimum Gasteiger partial charge on any atom is -0.394 e. The number of aliphatic hydroxyl groups excluding tert-OH is 5. The summed E-state index contributed by atoms with van der Waals surface area (Å²) in [4.78, 5) is 0. The molecule has 0 aliphatic carbocycles. The first kappa shape index (κ1) is 10.8. The van der Waals surface area contributed by atoms with Crippen molar-refractivity contribution in [2.45, 2.75) is 24.4 Å². The quantitative estimate of drug-likeness (QED) is 0.162. The minimum absolute atomic E-state index is 0.181. The van der Waals surface area contributed by atoms with Crippen LogP contribution in [0.2, 0.25) is 1.41 Å². The topological polar surface area (TPSA) is 139 Å². The summed E-state index contributed by atoms with van der Waals surface area (Å²) in [6.45, 7) is -0.894. The Balaban J connectivity index is 3.95. The molecule has 0 aromatic carbocycles. The van der Waals surface area contributed by atoms with Crippen LogP contribution in [-0.4, -0.2) is 63.1 Å². The van der Waals surface area contributed by atoms with Crippen molar-refractivity contribution in [1.29, 1.82) is 0 Å². The fourth-order valence-corrected chi connectivity index (χ4v) is 0.789. The molecule has 0 aromatic heterocycles. The van der Waals surface area contributed by atoms with Gasteiger partial charge in [0.1, 0.15) is 19.7 Å². The van der Waals surface area contributed by atoms with Crippen molar-refractivity contribution in [3.05, 3.63) is 0 Å². The van der Waals surface area contributed by atoms with Gasteiger partial charge in [-0.1, -0.05) is 0 Å². The number of rotatable bonds is 7. The van der Waals surface area contributed by atoms with Gasteiger partial charge in [0.25, 0.3) is 0 Å². The van der Waals surface area contributed by atoms with Crippen LogP contribution >= 0.6 is 0 Å². The summed E-state index contributed by atoms with van der Waals surface area (Å²) in [5.74, 6) is 1.77. The highest BCUT2D eigenvalue weighted by Gasteiger charge is 2.29. The molecular formula is C6H16N2O5. The summed E-state index contributed by atoms with van der Waals surface area (Å²) in [6.07, 6.45) is -6.10. The second-order valence-electron chi connectivity index (χ2n) is 2.68. The van der Waals surface area contributed by atoms with E-state index in [4.69, 9.17) is 16.7 Å². The van der Waals surface area contributed by atoms with Gasteiger partial charge in [0.2, 0.25) is 0 Å². The summed E-state index contributed by atoms with van der Waals surface area (Å²) < 4.78 is 6.46. The molecule has 0 aliphatic rings. The predicted octanol–water partition coefficient (Wildman–Crippen LogP) is -4.11. The zero-order valence-electron chi connectivity index (χ0n) is 7.96. The molecule has 0 bridgehead atoms. The van der Waals surface area contributed by atoms with Crippen LogP contribution in [0, 0.1) is 0 Å². The monoisotopic (exact) mass is 197 g/mol. The Morgan fingerprint density at radius 3 is 2.15 bits per heavy atom. The van der Waals surface area contributed by atoms with Crippen molar-refractivity contribution in [3.63, 3.8) is 0 Å². The second-order valence-corrected chi connectivity index (χ2v) is 2.68. The molecule has 0 fully saturated rings. The molecule has 80 valence electrons. The van der Waals surface area contributed by atoms with Crippen LogP contribution in [0.25, 0.3) is 0 Å². The van der Waals surface area contributed by atoms with E-state index in [1.165, 1.54) is 0 Å². The maximum Gasteiger partial charge on any atom is 0.137 e. The van der Waals surface area contributed by atoms with E-state index < -0.39 is 31.0 Å². The van der Waals surface area contributed by atoms with E-state index in [1.807, 2.05) is 0 Å². The van der Waals surface area contributed by atoms with E-state index in [9.17, 15) is 10.2 Å². The van der Waals surface area contributed by atoms with Gasteiger partial charge in [-0.3, -0.25) is 11.3 Å². The largest absolute Gasteiger partial charge is 0.394 e. The van der Waals surface area contributed by atoms with Crippen molar-refractivity contribution in [3.8, 4) is 0 Å². The molecule has 0 radical (unpaired) electrons. The maximum absolute atomic E-state index is 9.21. The normalized spacial score (nSPS) is 21.8. The van der Waals surface area contributed by atoms with Gasteiger partial charge in [-0.2, -0.15) is 0 Å². The van der Waals surface area contributed by atoms with Crippen LogP contribution < -0.4 is 11.3 Å². The average molecular weight is 197 g/mol. The molecule has 0 spiro atoms. The zero-order valence-corrected chi connectivity index (χ0v) is 6.96. The Hall–Kier alpha value is -0.280. The molecule has 4 atom stereocenters. The van der Waals surface area contributed by atoms with E-state index in [2.05, 4.69) is 5.43 Å². The fourth-order valence-electron chi connectivity index (χ4n) is 0.789. The van der Waals surface area contributed by atoms with Crippen LogP contribution in [0.3, 0.4) is 0 Å². The Kier molecular flexibility index (Phi) is 5.16. The van der Waals surface area contributed by atoms with Crippen molar-refractivity contribution < 1.29 is 26.9 Å². The van der Waals surface area contributed by atoms with E-state index in [0.29, 0.717) is 0 Å². The van der Waals surface area contributed by atoms with Crippen LogP contribution in [0.15, 0.2) is 0 Å². The van der Waals surface area contributed by atoms with E-state index in [0.717, 1.165) is 0 Å². The van der Waals surface area contributed by atoms with E-state index in [-0.39, 0.29) is 6.54 Å². The number of nitrogens with two attached hydrogens (primary N) is 1. The Labute approximate surface area is 76.9 Å². The smallest absolute Gasteiger partial charge is 0.137 e. The lowest BCUT2D eigenvalue weighted by molar-refractivity contribution is -0.113. The first-order valence-electron chi connectivity index (χ1n) is 4.27. The number of nitrogens with one attached hydrogen (secondary N) is 1. The third-order valence-electron chi connectivity index (χ3n) is 1.64. The molecular weight excluding hydrogens is 180 g/mol. The van der Waals surface area contributed by atoms with Crippen molar-refractivity contribution in [2.24, 2.45) is 5.84 Å². The minimum atomic E-state index is -1.64. The number of hydrazine groups is 1. The molecule has 13 heavy (non-hydrogen) atoms. The lowest BCUT2D eigenvalue weighted by Crippen LogP contribution is -2.49. The zero-order chi connectivity index (χ0) is 11.1. The summed E-state index contributed by atoms with van der Waals surface area (Å²) in [5, 5.41) is 44.9. The van der Waals surface area contributed by atoms with Gasteiger partial charge < -0.3 is 25.5 Å². The Morgan fingerprint density at radius 2 is 1.69 bits per heavy atom. The lowest BCUT2D eigenvalue weighted by Gasteiger charge is -2.25. The fraction of sp³-hybridized carbons (Fsp3) is 1.00. The first-order valence-corrected chi connectivity index (χ1v) is 3.77. The molecule has 7 heteroatoms. The molecule has 0 aliphatic heterocycles. The molecule has 8 N–H and O–H groups in total. The highest BCUT2D eigenvalue weighted by atomic mass is 16.4. The second kappa shape index (κ2) is 6.22. The van der Waals surface area contributed by atoms with Crippen LogP contribution in [0.5, 0.6) is 0 Å². The highest BCUT2D eigenvalue weighted by Crippen LogP contribution is 2.03. The summed E-state index contributed by atoms with van der Waals surface area (Å²) in [5.41, 5.74) is 2.19. The number of hydrogen-bond donors (Lipinski definition) is 7. The molecule has 0 heterocycles. The van der Waals surface area contributed by atoms with Crippen molar-refractivity contribution >= 4 is 0 Å². The van der Waals surface area contributed by atoms with Crippen LogP contribution in [0.1, 0.15) is 0 Å². The van der Waals surface area contributed by atoms with E-state index in [1.54, 1.807) is 5.84 Å². The molecule has 0 saturated heterocycles. The van der Waals surface area contributed by atoms with Gasteiger partial charge in [0.15, 0.2) is 0 Å². The number of hydrogen-bond acceptors (Lipinski definition) is 7. The third kappa shape index (κ3) is 3.96. The molecule has 0 unspecified atom stereocenters. The Morgan fingerprint density at radius 1 is 1.15 bits per heavy atom. The van der Waals surface area contributed by atoms with Crippen molar-refractivity contribution in [2.75, 3.05) is 13.2 Å². The summed E-state index contributed by atoms with van der Waals surface area (Å²) >= 11 is 0. The SMILES string of the molecule is [2H]NNC[C@H](O)[C@@H](O)[C@@H](O)[C@H](O)CO. The molecule has 0 saturated carbocycles. The molecule has 7 nitrogen and oxygen atoms in total. The highest BCUT2D eigenvalue weighted by molar-refractivity contribution is 4.80. The first-order chi connectivity index (χ1) is 6.54. The van der Waals surface area contributed by atoms with Gasteiger partial charge in [-0.15, -0.1) is 0 Å². The third-order valence-corrected chi connectivity index (χ3v) is 1.64. The Bertz CT molecular complexity index is 152. The van der Waals surface area contributed by atoms with Gasteiger partial charge in [0.05, 0.1) is 12.7 Å². The van der Waals surface area contributed by atoms with Gasteiger partial charge in [-0.05, 0) is 0 Å². The molecule has 0 aromatic rings. The summed E-state index contributed by atoms with van der Waals surface area (Å²) in [6, 6.07) is 0. The lowest BCUT2D eigenvalue weighted by atomic mass is 10.0. The van der Waals surface area contributed by atoms with E-state index >= 15 is 0 Å². The van der Waals surface area contributed by atoms with Gasteiger partial charge >= 0.3 is 0 Å².